The first-order valence-corrected chi connectivity index (χ1v) is 11.7. The van der Waals surface area contributed by atoms with Crippen molar-refractivity contribution in [3.63, 3.8) is 0 Å². The summed E-state index contributed by atoms with van der Waals surface area (Å²) in [4.78, 5) is 33.1. The topological polar surface area (TPSA) is 67.2 Å². The Kier molecular flexibility index (Phi) is 7.20. The zero-order valence-corrected chi connectivity index (χ0v) is 20.3. The average Bonchev–Trinajstić information content (AvgIpc) is 2.83. The first-order chi connectivity index (χ1) is 16.4. The Labute approximate surface area is 207 Å². The molecule has 1 aromatic heterocycles. The van der Waals surface area contributed by atoms with Gasteiger partial charge in [-0.05, 0) is 49.7 Å². The molecule has 0 aliphatic heterocycles. The van der Waals surface area contributed by atoms with E-state index in [4.69, 9.17) is 28.2 Å². The number of benzene rings is 3. The van der Waals surface area contributed by atoms with Gasteiger partial charge in [0.15, 0.2) is 0 Å². The van der Waals surface area contributed by atoms with E-state index in [2.05, 4.69) is 5.32 Å². The van der Waals surface area contributed by atoms with Gasteiger partial charge in [-0.25, -0.2) is 9.78 Å². The predicted octanol–water partition coefficient (Wildman–Crippen LogP) is 6.37. The highest BCUT2D eigenvalue weighted by atomic mass is 35.5. The molecule has 0 radical (unpaired) electrons. The van der Waals surface area contributed by atoms with Gasteiger partial charge in [0.25, 0.3) is 5.56 Å². The predicted molar refractivity (Wildman–Crippen MR) is 138 cm³/mol. The summed E-state index contributed by atoms with van der Waals surface area (Å²) >= 11 is 12.2. The van der Waals surface area contributed by atoms with E-state index in [1.54, 1.807) is 33.7 Å². The van der Waals surface area contributed by atoms with Crippen LogP contribution in [0.2, 0.25) is 10.0 Å². The number of rotatable bonds is 6. The monoisotopic (exact) mass is 494 g/mol. The second kappa shape index (κ2) is 10.3. The highest BCUT2D eigenvalue weighted by Crippen LogP contribution is 2.27. The number of urea groups is 1. The first kappa shape index (κ1) is 23.8. The van der Waals surface area contributed by atoms with Gasteiger partial charge in [0.2, 0.25) is 0 Å². The molecule has 3 aromatic carbocycles. The number of nitrogens with one attached hydrogen (secondary N) is 1. The minimum absolute atomic E-state index is 0.145. The highest BCUT2D eigenvalue weighted by molar-refractivity contribution is 6.36. The molecule has 0 bridgehead atoms. The fourth-order valence-corrected chi connectivity index (χ4v) is 4.39. The van der Waals surface area contributed by atoms with Crippen molar-refractivity contribution < 1.29 is 4.79 Å². The molecular formula is C26H24Cl2N4O2. The van der Waals surface area contributed by atoms with Crippen molar-refractivity contribution in [1.82, 2.24) is 14.5 Å². The summed E-state index contributed by atoms with van der Waals surface area (Å²) in [5, 5.41) is 4.20. The summed E-state index contributed by atoms with van der Waals surface area (Å²) in [7, 11) is 0. The Bertz CT molecular complexity index is 1390. The molecule has 1 atom stereocenters. The molecule has 0 aliphatic carbocycles. The van der Waals surface area contributed by atoms with Crippen LogP contribution in [0.4, 0.5) is 10.5 Å². The van der Waals surface area contributed by atoms with Gasteiger partial charge in [-0.2, -0.15) is 0 Å². The molecule has 1 unspecified atom stereocenters. The number of hydrogen-bond donors (Lipinski definition) is 1. The van der Waals surface area contributed by atoms with E-state index in [1.807, 2.05) is 62.4 Å². The third kappa shape index (κ3) is 4.93. The van der Waals surface area contributed by atoms with Crippen molar-refractivity contribution in [2.75, 3.05) is 11.9 Å². The lowest BCUT2D eigenvalue weighted by Gasteiger charge is -2.29. The lowest BCUT2D eigenvalue weighted by atomic mass is 10.1. The van der Waals surface area contributed by atoms with Crippen LogP contribution in [0, 0.1) is 0 Å². The normalized spacial score (nSPS) is 11.9. The number of nitrogens with zero attached hydrogens (tertiary/aromatic N) is 3. The van der Waals surface area contributed by atoms with Gasteiger partial charge in [0.05, 0.1) is 34.2 Å². The van der Waals surface area contributed by atoms with Crippen LogP contribution in [0.15, 0.2) is 77.6 Å². The third-order valence-electron chi connectivity index (χ3n) is 5.69. The number of carbonyl (C=O) groups is 1. The summed E-state index contributed by atoms with van der Waals surface area (Å²) in [6.07, 6.45) is 0. The SMILES string of the molecule is CCN(C(=O)Nc1ccc(Cl)cc1Cl)C(C)c1nc2ccccc2c(=O)n1Cc1ccccc1. The maximum atomic E-state index is 13.5. The first-order valence-electron chi connectivity index (χ1n) is 10.9. The molecule has 0 saturated heterocycles. The molecule has 0 spiro atoms. The number of hydrogen-bond acceptors (Lipinski definition) is 3. The van der Waals surface area contributed by atoms with E-state index in [-0.39, 0.29) is 11.6 Å². The van der Waals surface area contributed by atoms with Gasteiger partial charge < -0.3 is 10.2 Å². The molecule has 1 heterocycles. The van der Waals surface area contributed by atoms with Crippen molar-refractivity contribution in [2.45, 2.75) is 26.4 Å². The fraction of sp³-hybridized carbons (Fsp3) is 0.192. The molecule has 4 aromatic rings. The van der Waals surface area contributed by atoms with E-state index >= 15 is 0 Å². The van der Waals surface area contributed by atoms with Gasteiger partial charge in [-0.1, -0.05) is 65.7 Å². The van der Waals surface area contributed by atoms with Crippen molar-refractivity contribution in [3.05, 3.63) is 105 Å². The van der Waals surface area contributed by atoms with Crippen molar-refractivity contribution >= 4 is 45.8 Å². The summed E-state index contributed by atoms with van der Waals surface area (Å²) in [6, 6.07) is 21.0. The summed E-state index contributed by atoms with van der Waals surface area (Å²) in [5.74, 6) is 0.506. The molecule has 34 heavy (non-hydrogen) atoms. The van der Waals surface area contributed by atoms with Crippen LogP contribution in [0.5, 0.6) is 0 Å². The van der Waals surface area contributed by atoms with Crippen LogP contribution >= 0.6 is 23.2 Å². The van der Waals surface area contributed by atoms with Gasteiger partial charge in [-0.3, -0.25) is 9.36 Å². The third-order valence-corrected chi connectivity index (χ3v) is 6.24. The summed E-state index contributed by atoms with van der Waals surface area (Å²) in [5.41, 5.74) is 1.87. The van der Waals surface area contributed by atoms with Crippen LogP contribution in [-0.2, 0) is 6.54 Å². The van der Waals surface area contributed by atoms with Crippen molar-refractivity contribution in [2.24, 2.45) is 0 Å². The number of aromatic nitrogens is 2. The molecule has 8 heteroatoms. The molecule has 1 N–H and O–H groups in total. The summed E-state index contributed by atoms with van der Waals surface area (Å²) < 4.78 is 1.65. The Morgan fingerprint density at radius 3 is 2.47 bits per heavy atom. The van der Waals surface area contributed by atoms with E-state index in [1.165, 1.54) is 0 Å². The average molecular weight is 495 g/mol. The van der Waals surface area contributed by atoms with Gasteiger partial charge in [0.1, 0.15) is 5.82 Å². The lowest BCUT2D eigenvalue weighted by molar-refractivity contribution is 0.192. The Balaban J connectivity index is 1.74. The number of halogens is 2. The van der Waals surface area contributed by atoms with Gasteiger partial charge in [-0.15, -0.1) is 0 Å². The Morgan fingerprint density at radius 2 is 1.76 bits per heavy atom. The van der Waals surface area contributed by atoms with E-state index in [9.17, 15) is 9.59 Å². The zero-order chi connectivity index (χ0) is 24.2. The molecule has 6 nitrogen and oxygen atoms in total. The number of para-hydroxylation sites is 1. The number of anilines is 1. The maximum Gasteiger partial charge on any atom is 0.322 e. The minimum atomic E-state index is -0.489. The molecule has 0 aliphatic rings. The quantitative estimate of drug-likeness (QED) is 0.338. The minimum Gasteiger partial charge on any atom is -0.315 e. The Hall–Kier alpha value is -3.35. The number of fused-ring (bicyclic) bond motifs is 1. The number of carbonyl (C=O) groups excluding carboxylic acids is 1. The molecule has 0 saturated carbocycles. The van der Waals surface area contributed by atoms with Crippen molar-refractivity contribution in [3.8, 4) is 0 Å². The van der Waals surface area contributed by atoms with E-state index in [0.717, 1.165) is 5.56 Å². The molecular weight excluding hydrogens is 471 g/mol. The maximum absolute atomic E-state index is 13.5. The van der Waals surface area contributed by atoms with Crippen molar-refractivity contribution in [1.29, 1.82) is 0 Å². The van der Waals surface area contributed by atoms with Gasteiger partial charge >= 0.3 is 6.03 Å². The standard InChI is InChI=1S/C26H24Cl2N4O2/c1-3-31(26(34)30-23-14-13-19(27)15-21(23)28)17(2)24-29-22-12-8-7-11-20(22)25(33)32(24)16-18-9-5-4-6-10-18/h4-15,17H,3,16H2,1-2H3,(H,30,34). The summed E-state index contributed by atoms with van der Waals surface area (Å²) in [6.45, 7) is 4.48. The smallest absolute Gasteiger partial charge is 0.315 e. The molecule has 174 valence electrons. The Morgan fingerprint density at radius 1 is 1.06 bits per heavy atom. The molecule has 4 rings (SSSR count). The van der Waals surface area contributed by atoms with Crippen LogP contribution in [0.3, 0.4) is 0 Å². The zero-order valence-electron chi connectivity index (χ0n) is 18.8. The largest absolute Gasteiger partial charge is 0.322 e. The van der Waals surface area contributed by atoms with Crippen LogP contribution in [0.25, 0.3) is 10.9 Å². The fourth-order valence-electron chi connectivity index (χ4n) is 3.93. The van der Waals surface area contributed by atoms with Crippen LogP contribution < -0.4 is 10.9 Å². The second-order valence-electron chi connectivity index (χ2n) is 7.88. The van der Waals surface area contributed by atoms with Crippen LogP contribution in [0.1, 0.15) is 31.3 Å². The van der Waals surface area contributed by atoms with Crippen LogP contribution in [-0.4, -0.2) is 27.0 Å². The second-order valence-corrected chi connectivity index (χ2v) is 8.72. The molecule has 0 fully saturated rings. The number of amides is 2. The van der Waals surface area contributed by atoms with E-state index < -0.39 is 6.04 Å². The highest BCUT2D eigenvalue weighted by Gasteiger charge is 2.26. The lowest BCUT2D eigenvalue weighted by Crippen LogP contribution is -2.40. The molecule has 2 amide bonds. The van der Waals surface area contributed by atoms with Gasteiger partial charge in [0, 0.05) is 11.6 Å². The van der Waals surface area contributed by atoms with E-state index in [0.29, 0.717) is 45.5 Å².